The van der Waals surface area contributed by atoms with E-state index in [-0.39, 0.29) is 30.4 Å². The van der Waals surface area contributed by atoms with Crippen LogP contribution in [0.5, 0.6) is 0 Å². The van der Waals surface area contributed by atoms with Gasteiger partial charge in [-0.15, -0.1) is 24.8 Å². The van der Waals surface area contributed by atoms with Crippen LogP contribution in [0.1, 0.15) is 26.7 Å². The summed E-state index contributed by atoms with van der Waals surface area (Å²) < 4.78 is 0. The van der Waals surface area contributed by atoms with Crippen molar-refractivity contribution in [3.63, 3.8) is 0 Å². The first-order valence-corrected chi connectivity index (χ1v) is 8.60. The van der Waals surface area contributed by atoms with E-state index in [9.17, 15) is 0 Å². The Kier molecular flexibility index (Phi) is 4.84. The van der Waals surface area contributed by atoms with Crippen molar-refractivity contribution in [2.24, 2.45) is 9.98 Å². The molecule has 0 unspecified atom stereocenters. The zero-order valence-corrected chi connectivity index (χ0v) is 15.4. The molecule has 1 fully saturated rings. The molecule has 0 atom stereocenters. The van der Waals surface area contributed by atoms with Gasteiger partial charge in [-0.05, 0) is 32.1 Å². The minimum Gasteiger partial charge on any atom is -0.358 e. The molecule has 8 heteroatoms. The lowest BCUT2D eigenvalue weighted by atomic mass is 10.1. The number of nitrogens with zero attached hydrogens (tertiary/aromatic N) is 3. The predicted molar refractivity (Wildman–Crippen MR) is 98.3 cm³/mol. The Morgan fingerprint density at radius 3 is 2.76 bits per heavy atom. The van der Waals surface area contributed by atoms with Gasteiger partial charge in [0.05, 0.1) is 24.2 Å². The number of amidine groups is 2. The molecule has 1 spiro atoms. The Morgan fingerprint density at radius 2 is 2.14 bits per heavy atom. The van der Waals surface area contributed by atoms with Gasteiger partial charge in [-0.2, -0.15) is 0 Å². The van der Waals surface area contributed by atoms with E-state index in [1.165, 1.54) is 23.7 Å². The first kappa shape index (κ1) is 17.3. The van der Waals surface area contributed by atoms with Crippen LogP contribution in [0.3, 0.4) is 0 Å². The van der Waals surface area contributed by atoms with Gasteiger partial charge in [0, 0.05) is 11.4 Å². The van der Waals surface area contributed by atoms with E-state index in [4.69, 9.17) is 4.99 Å². The summed E-state index contributed by atoms with van der Waals surface area (Å²) in [7, 11) is 0. The first-order chi connectivity index (χ1) is 9.05. The fourth-order valence-corrected chi connectivity index (χ4v) is 4.69. The van der Waals surface area contributed by atoms with Gasteiger partial charge in [-0.3, -0.25) is 9.98 Å². The Balaban J connectivity index is 0.000000807. The average molecular weight is 367 g/mol. The second kappa shape index (κ2) is 5.87. The molecule has 0 aromatic heterocycles. The van der Waals surface area contributed by atoms with Gasteiger partial charge in [-0.1, -0.05) is 23.5 Å². The third kappa shape index (κ3) is 3.33. The monoisotopic (exact) mass is 366 g/mol. The molecule has 4 nitrogen and oxygen atoms in total. The molecule has 4 rings (SSSR count). The number of aliphatic imine (C=N–C) groups is 2. The van der Waals surface area contributed by atoms with Gasteiger partial charge in [0.2, 0.25) is 0 Å². The van der Waals surface area contributed by atoms with E-state index in [1.54, 1.807) is 11.8 Å². The molecule has 0 amide bonds. The fourth-order valence-electron chi connectivity index (χ4n) is 2.55. The smallest absolute Gasteiger partial charge is 0.168 e. The van der Waals surface area contributed by atoms with Crippen molar-refractivity contribution in [3.8, 4) is 0 Å². The zero-order valence-electron chi connectivity index (χ0n) is 12.1. The summed E-state index contributed by atoms with van der Waals surface area (Å²) in [6.45, 7) is 6.36. The average Bonchev–Trinajstić information content (AvgIpc) is 2.66. The van der Waals surface area contributed by atoms with E-state index >= 15 is 0 Å². The number of nitrogens with one attached hydrogen (secondary N) is 1. The molecule has 21 heavy (non-hydrogen) atoms. The highest BCUT2D eigenvalue weighted by molar-refractivity contribution is 8.17. The summed E-state index contributed by atoms with van der Waals surface area (Å²) in [6.07, 6.45) is 2.55. The fraction of sp³-hybridized carbons (Fsp3) is 0.692. The number of halogens is 2. The van der Waals surface area contributed by atoms with Crippen LogP contribution < -0.4 is 5.32 Å². The Bertz CT molecular complexity index is 526. The molecule has 0 aromatic rings. The highest BCUT2D eigenvalue weighted by atomic mass is 35.5. The molecule has 4 aliphatic rings. The maximum absolute atomic E-state index is 4.84. The molecule has 1 saturated carbocycles. The summed E-state index contributed by atoms with van der Waals surface area (Å²) in [6, 6.07) is 0. The second-order valence-electron chi connectivity index (χ2n) is 6.35. The van der Waals surface area contributed by atoms with Crippen LogP contribution >= 0.6 is 48.3 Å². The lowest BCUT2D eigenvalue weighted by molar-refractivity contribution is 0.506. The third-order valence-electron chi connectivity index (χ3n) is 3.91. The van der Waals surface area contributed by atoms with E-state index in [0.717, 1.165) is 24.0 Å². The maximum atomic E-state index is 4.84. The van der Waals surface area contributed by atoms with Crippen LogP contribution in [-0.2, 0) is 0 Å². The predicted octanol–water partition coefficient (Wildman–Crippen LogP) is 3.09. The van der Waals surface area contributed by atoms with E-state index < -0.39 is 0 Å². The Labute approximate surface area is 146 Å². The van der Waals surface area contributed by atoms with Crippen molar-refractivity contribution in [3.05, 3.63) is 11.1 Å². The standard InChI is InChI=1S/C13H18N4S2.2ClH/c1-12(2)7-14-10(15-12)18-5-9-6-19-11-16-13(3-4-13)8-17(9)11;;/h6H,3-5,7-8H2,1-2H3,(H,14,15);2*1H. The molecule has 1 N–H and O–H groups in total. The van der Waals surface area contributed by atoms with Gasteiger partial charge >= 0.3 is 0 Å². The summed E-state index contributed by atoms with van der Waals surface area (Å²) in [4.78, 5) is 11.8. The molecule has 1 aliphatic carbocycles. The first-order valence-electron chi connectivity index (χ1n) is 6.74. The third-order valence-corrected chi connectivity index (χ3v) is 5.77. The number of fused-ring (bicyclic) bond motifs is 1. The van der Waals surface area contributed by atoms with Crippen LogP contribution in [0.25, 0.3) is 0 Å². The van der Waals surface area contributed by atoms with Gasteiger partial charge in [0.15, 0.2) is 10.3 Å². The van der Waals surface area contributed by atoms with Crippen molar-refractivity contribution in [2.45, 2.75) is 37.8 Å². The molecular weight excluding hydrogens is 347 g/mol. The summed E-state index contributed by atoms with van der Waals surface area (Å²) in [5.41, 5.74) is 1.82. The van der Waals surface area contributed by atoms with Gasteiger partial charge in [0.1, 0.15) is 0 Å². The summed E-state index contributed by atoms with van der Waals surface area (Å²) >= 11 is 3.60. The van der Waals surface area contributed by atoms with Crippen molar-refractivity contribution >= 4 is 58.7 Å². The summed E-state index contributed by atoms with van der Waals surface area (Å²) in [5, 5.41) is 8.03. The zero-order chi connectivity index (χ0) is 13.1. The van der Waals surface area contributed by atoms with Crippen molar-refractivity contribution < 1.29 is 0 Å². The largest absolute Gasteiger partial charge is 0.358 e. The lowest BCUT2D eigenvalue weighted by Crippen LogP contribution is -2.38. The maximum Gasteiger partial charge on any atom is 0.168 e. The van der Waals surface area contributed by atoms with Crippen LogP contribution in [0.2, 0.25) is 0 Å². The van der Waals surface area contributed by atoms with Crippen LogP contribution in [0.15, 0.2) is 21.1 Å². The topological polar surface area (TPSA) is 40.0 Å². The molecule has 118 valence electrons. The Morgan fingerprint density at radius 1 is 1.38 bits per heavy atom. The van der Waals surface area contributed by atoms with Gasteiger partial charge < -0.3 is 10.2 Å². The number of thioether (sulfide) groups is 2. The summed E-state index contributed by atoms with van der Waals surface area (Å²) in [5.74, 6) is 0.990. The molecule has 3 heterocycles. The molecule has 0 radical (unpaired) electrons. The SMILES string of the molecule is CC1(C)CN=C(SCC2=CSC3=NC4(CC4)CN23)N1.Cl.Cl. The van der Waals surface area contributed by atoms with Crippen molar-refractivity contribution in [2.75, 3.05) is 18.8 Å². The molecular formula is C13H20Cl2N4S2. The van der Waals surface area contributed by atoms with E-state index in [1.807, 2.05) is 11.8 Å². The van der Waals surface area contributed by atoms with Crippen molar-refractivity contribution in [1.82, 2.24) is 10.2 Å². The van der Waals surface area contributed by atoms with Crippen LogP contribution in [-0.4, -0.2) is 45.2 Å². The highest BCUT2D eigenvalue weighted by Crippen LogP contribution is 2.48. The molecule has 0 bridgehead atoms. The number of rotatable bonds is 2. The van der Waals surface area contributed by atoms with Crippen LogP contribution in [0.4, 0.5) is 0 Å². The molecule has 3 aliphatic heterocycles. The van der Waals surface area contributed by atoms with Crippen molar-refractivity contribution in [1.29, 1.82) is 0 Å². The number of hydrogen-bond donors (Lipinski definition) is 1. The minimum atomic E-state index is 0. The molecule has 0 aromatic carbocycles. The lowest BCUT2D eigenvalue weighted by Gasteiger charge is -2.19. The van der Waals surface area contributed by atoms with Gasteiger partial charge in [-0.25, -0.2) is 0 Å². The highest BCUT2D eigenvalue weighted by Gasteiger charge is 2.50. The normalized spacial score (nSPS) is 26.2. The molecule has 0 saturated heterocycles. The van der Waals surface area contributed by atoms with Gasteiger partial charge in [0.25, 0.3) is 0 Å². The Hall–Kier alpha value is -0.0400. The van der Waals surface area contributed by atoms with E-state index in [2.05, 4.69) is 34.5 Å². The van der Waals surface area contributed by atoms with Crippen LogP contribution in [0, 0.1) is 0 Å². The minimum absolute atomic E-state index is 0. The second-order valence-corrected chi connectivity index (χ2v) is 8.15. The number of hydrogen-bond acceptors (Lipinski definition) is 6. The van der Waals surface area contributed by atoms with E-state index in [0.29, 0.717) is 5.54 Å². The quantitative estimate of drug-likeness (QED) is 0.814.